The molecule has 0 aromatic heterocycles. The lowest BCUT2D eigenvalue weighted by molar-refractivity contribution is -0.113. The molecule has 0 aliphatic heterocycles. The fourth-order valence-electron chi connectivity index (χ4n) is 1.68. The number of benzene rings is 2. The van der Waals surface area contributed by atoms with Gasteiger partial charge in [0.2, 0.25) is 5.91 Å². The molecule has 0 aliphatic carbocycles. The van der Waals surface area contributed by atoms with Crippen LogP contribution in [0.25, 0.3) is 0 Å². The average molecular weight is 362 g/mol. The van der Waals surface area contributed by atoms with Gasteiger partial charge in [0.25, 0.3) is 0 Å². The molecule has 0 atom stereocenters. The summed E-state index contributed by atoms with van der Waals surface area (Å²) in [4.78, 5) is 11.8. The first kappa shape index (κ1) is 17.1. The molecular weight excluding hydrogens is 351 g/mol. The van der Waals surface area contributed by atoms with Crippen LogP contribution in [0.15, 0.2) is 36.4 Å². The van der Waals surface area contributed by atoms with Gasteiger partial charge in [0.1, 0.15) is 0 Å². The largest absolute Gasteiger partial charge is 0.324 e. The summed E-state index contributed by atoms with van der Waals surface area (Å²) in [6.45, 7) is 0. The summed E-state index contributed by atoms with van der Waals surface area (Å²) in [5, 5.41) is 3.28. The van der Waals surface area contributed by atoms with E-state index >= 15 is 0 Å². The van der Waals surface area contributed by atoms with Gasteiger partial charge in [-0.2, -0.15) is 0 Å². The molecule has 0 saturated heterocycles. The zero-order valence-corrected chi connectivity index (χ0v) is 13.5. The predicted molar refractivity (Wildman–Crippen MR) is 87.6 cm³/mol. The van der Waals surface area contributed by atoms with Crippen molar-refractivity contribution in [2.24, 2.45) is 0 Å². The molecule has 1 N–H and O–H groups in total. The molecule has 7 heteroatoms. The minimum atomic E-state index is -0.895. The lowest BCUT2D eigenvalue weighted by atomic mass is 10.2. The molecule has 0 heterocycles. The normalized spacial score (nSPS) is 10.5. The summed E-state index contributed by atoms with van der Waals surface area (Å²) in [7, 11) is 0. The van der Waals surface area contributed by atoms with Crippen LogP contribution in [0.1, 0.15) is 5.56 Å². The number of thioether (sulfide) groups is 1. The molecule has 0 fully saturated rings. The topological polar surface area (TPSA) is 29.1 Å². The molecule has 116 valence electrons. The lowest BCUT2D eigenvalue weighted by Crippen LogP contribution is -2.14. The molecule has 0 saturated carbocycles. The van der Waals surface area contributed by atoms with Crippen LogP contribution < -0.4 is 5.32 Å². The van der Waals surface area contributed by atoms with Gasteiger partial charge in [-0.05, 0) is 29.8 Å². The van der Waals surface area contributed by atoms with Crippen molar-refractivity contribution in [1.29, 1.82) is 0 Å². The van der Waals surface area contributed by atoms with E-state index in [1.54, 1.807) is 18.2 Å². The smallest absolute Gasteiger partial charge is 0.234 e. The first-order valence-corrected chi connectivity index (χ1v) is 8.14. The van der Waals surface area contributed by atoms with E-state index in [2.05, 4.69) is 5.32 Å². The average Bonchev–Trinajstić information content (AvgIpc) is 2.48. The van der Waals surface area contributed by atoms with Crippen molar-refractivity contribution in [1.82, 2.24) is 0 Å². The summed E-state index contributed by atoms with van der Waals surface area (Å²) < 4.78 is 25.8. The van der Waals surface area contributed by atoms with E-state index < -0.39 is 11.6 Å². The zero-order valence-electron chi connectivity index (χ0n) is 11.2. The van der Waals surface area contributed by atoms with Gasteiger partial charge in [0.15, 0.2) is 11.6 Å². The maximum absolute atomic E-state index is 13.0. The first-order chi connectivity index (χ1) is 10.5. The van der Waals surface area contributed by atoms with Gasteiger partial charge in [0, 0.05) is 5.75 Å². The highest BCUT2D eigenvalue weighted by Gasteiger charge is 2.09. The summed E-state index contributed by atoms with van der Waals surface area (Å²) in [6.07, 6.45) is 0. The summed E-state index contributed by atoms with van der Waals surface area (Å²) in [5.41, 5.74) is 1.05. The second-order valence-electron chi connectivity index (χ2n) is 4.39. The number of amides is 1. The molecule has 1 amide bonds. The molecule has 2 aromatic rings. The Balaban J connectivity index is 1.85. The number of hydrogen-bond acceptors (Lipinski definition) is 2. The minimum absolute atomic E-state index is 0.155. The van der Waals surface area contributed by atoms with Crippen LogP contribution in [-0.4, -0.2) is 11.7 Å². The van der Waals surface area contributed by atoms with Gasteiger partial charge in [-0.15, -0.1) is 11.8 Å². The van der Waals surface area contributed by atoms with Crippen molar-refractivity contribution in [3.63, 3.8) is 0 Å². The summed E-state index contributed by atoms with van der Waals surface area (Å²) in [5.74, 6) is -1.48. The molecule has 0 aliphatic rings. The Hall–Kier alpha value is -1.30. The molecule has 0 radical (unpaired) electrons. The van der Waals surface area contributed by atoms with Crippen LogP contribution in [0.4, 0.5) is 14.5 Å². The molecular formula is C15H11Cl2F2NOS. The van der Waals surface area contributed by atoms with Gasteiger partial charge in [-0.25, -0.2) is 8.78 Å². The van der Waals surface area contributed by atoms with E-state index in [-0.39, 0.29) is 16.7 Å². The zero-order chi connectivity index (χ0) is 16.1. The second kappa shape index (κ2) is 7.81. The first-order valence-electron chi connectivity index (χ1n) is 6.23. The highest BCUT2D eigenvalue weighted by atomic mass is 35.5. The predicted octanol–water partition coefficient (Wildman–Crippen LogP) is 5.14. The standard InChI is InChI=1S/C15H11Cl2F2NOS/c16-10-2-1-3-13(15(10)17)20-14(21)8-22-7-9-4-5-11(18)12(19)6-9/h1-6H,7-8H2,(H,20,21). The third-order valence-electron chi connectivity index (χ3n) is 2.71. The number of carbonyl (C=O) groups is 1. The van der Waals surface area contributed by atoms with Crippen molar-refractivity contribution < 1.29 is 13.6 Å². The van der Waals surface area contributed by atoms with E-state index in [0.717, 1.165) is 12.1 Å². The van der Waals surface area contributed by atoms with E-state index in [0.29, 0.717) is 22.0 Å². The Morgan fingerprint density at radius 2 is 1.91 bits per heavy atom. The lowest BCUT2D eigenvalue weighted by Gasteiger charge is -2.08. The van der Waals surface area contributed by atoms with Gasteiger partial charge in [-0.1, -0.05) is 35.3 Å². The quantitative estimate of drug-likeness (QED) is 0.798. The van der Waals surface area contributed by atoms with Crippen LogP contribution in [0.2, 0.25) is 10.0 Å². The van der Waals surface area contributed by atoms with Gasteiger partial charge in [0.05, 0.1) is 21.5 Å². The number of rotatable bonds is 5. The molecule has 0 unspecified atom stereocenters. The fraction of sp³-hybridized carbons (Fsp3) is 0.133. The van der Waals surface area contributed by atoms with Gasteiger partial charge in [-0.3, -0.25) is 4.79 Å². The van der Waals surface area contributed by atoms with E-state index in [9.17, 15) is 13.6 Å². The maximum Gasteiger partial charge on any atom is 0.234 e. The highest BCUT2D eigenvalue weighted by molar-refractivity contribution is 7.99. The van der Waals surface area contributed by atoms with Crippen LogP contribution in [0, 0.1) is 11.6 Å². The molecule has 22 heavy (non-hydrogen) atoms. The van der Waals surface area contributed by atoms with Crippen molar-refractivity contribution in [2.45, 2.75) is 5.75 Å². The van der Waals surface area contributed by atoms with E-state index in [4.69, 9.17) is 23.2 Å². The SMILES string of the molecule is O=C(CSCc1ccc(F)c(F)c1)Nc1cccc(Cl)c1Cl. The van der Waals surface area contributed by atoms with Crippen LogP contribution in [0.5, 0.6) is 0 Å². The second-order valence-corrected chi connectivity index (χ2v) is 6.16. The van der Waals surface area contributed by atoms with Crippen molar-refractivity contribution in [3.05, 3.63) is 63.6 Å². The van der Waals surface area contributed by atoms with Gasteiger partial charge < -0.3 is 5.32 Å². The number of anilines is 1. The van der Waals surface area contributed by atoms with E-state index in [1.807, 2.05) is 0 Å². The van der Waals surface area contributed by atoms with Crippen LogP contribution >= 0.6 is 35.0 Å². The Kier molecular flexibility index (Phi) is 6.06. The van der Waals surface area contributed by atoms with Crippen molar-refractivity contribution >= 4 is 46.6 Å². The monoisotopic (exact) mass is 361 g/mol. The molecule has 2 rings (SSSR count). The number of nitrogens with one attached hydrogen (secondary N) is 1. The minimum Gasteiger partial charge on any atom is -0.324 e. The molecule has 2 aromatic carbocycles. The van der Waals surface area contributed by atoms with Crippen molar-refractivity contribution in [2.75, 3.05) is 11.1 Å². The van der Waals surface area contributed by atoms with Gasteiger partial charge >= 0.3 is 0 Å². The van der Waals surface area contributed by atoms with Crippen molar-refractivity contribution in [3.8, 4) is 0 Å². The Labute approximate surface area is 140 Å². The highest BCUT2D eigenvalue weighted by Crippen LogP contribution is 2.29. The molecule has 2 nitrogen and oxygen atoms in total. The van der Waals surface area contributed by atoms with Crippen LogP contribution in [0.3, 0.4) is 0 Å². The third kappa shape index (κ3) is 4.60. The van der Waals surface area contributed by atoms with Crippen LogP contribution in [-0.2, 0) is 10.5 Å². The number of halogens is 4. The molecule has 0 spiro atoms. The maximum atomic E-state index is 13.0. The third-order valence-corrected chi connectivity index (χ3v) is 4.53. The Bertz CT molecular complexity index is 697. The summed E-state index contributed by atoms with van der Waals surface area (Å²) in [6, 6.07) is 8.62. The number of hydrogen-bond donors (Lipinski definition) is 1. The Morgan fingerprint density at radius 3 is 2.64 bits per heavy atom. The Morgan fingerprint density at radius 1 is 1.14 bits per heavy atom. The molecule has 0 bridgehead atoms. The van der Waals surface area contributed by atoms with E-state index in [1.165, 1.54) is 17.8 Å². The summed E-state index contributed by atoms with van der Waals surface area (Å²) >= 11 is 13.1. The fourth-order valence-corrected chi connectivity index (χ4v) is 2.80. The number of carbonyl (C=O) groups excluding carboxylic acids is 1.